The summed E-state index contributed by atoms with van der Waals surface area (Å²) < 4.78 is 12.4. The van der Waals surface area contributed by atoms with Crippen molar-refractivity contribution in [2.75, 3.05) is 37.9 Å². The molecular weight excluding hydrogens is 434 g/mol. The average Bonchev–Trinajstić information content (AvgIpc) is 3.13. The van der Waals surface area contributed by atoms with Crippen LogP contribution in [0.15, 0.2) is 70.0 Å². The molecule has 2 heterocycles. The Morgan fingerprint density at radius 1 is 1.12 bits per heavy atom. The number of carbonyl (C=O) groups is 1. The van der Waals surface area contributed by atoms with Gasteiger partial charge in [-0.05, 0) is 75.6 Å². The molecular formula is C25H27N5O4. The molecule has 0 fully saturated rings. The van der Waals surface area contributed by atoms with E-state index in [9.17, 15) is 9.59 Å². The number of likely N-dealkylation sites (N-methyl/N-ethyl adjacent to an activating group) is 1. The number of nitrogens with zero attached hydrogens (tertiary/aromatic N) is 3. The first-order valence-corrected chi connectivity index (χ1v) is 11.0. The molecule has 0 aliphatic carbocycles. The molecule has 4 rings (SSSR count). The number of ether oxygens (including phenoxy) is 1. The van der Waals surface area contributed by atoms with Crippen molar-refractivity contribution >= 4 is 34.2 Å². The van der Waals surface area contributed by atoms with Crippen molar-refractivity contribution in [1.29, 1.82) is 0 Å². The number of oxazole rings is 1. The van der Waals surface area contributed by atoms with Crippen LogP contribution in [0, 0.1) is 0 Å². The van der Waals surface area contributed by atoms with Gasteiger partial charge in [-0.15, -0.1) is 0 Å². The van der Waals surface area contributed by atoms with Crippen LogP contribution in [0.2, 0.25) is 0 Å². The van der Waals surface area contributed by atoms with E-state index in [1.165, 1.54) is 0 Å². The van der Waals surface area contributed by atoms with E-state index in [1.54, 1.807) is 41.1 Å². The van der Waals surface area contributed by atoms with Crippen molar-refractivity contribution in [3.8, 4) is 5.75 Å². The number of rotatable bonds is 9. The first kappa shape index (κ1) is 23.1. The second-order valence-electron chi connectivity index (χ2n) is 7.94. The third kappa shape index (κ3) is 5.26. The van der Waals surface area contributed by atoms with Gasteiger partial charge in [0.15, 0.2) is 5.58 Å². The maximum absolute atomic E-state index is 13.1. The summed E-state index contributed by atoms with van der Waals surface area (Å²) >= 11 is 0. The Morgan fingerprint density at radius 2 is 1.88 bits per heavy atom. The Hall–Kier alpha value is -4.11. The Balaban J connectivity index is 1.55. The monoisotopic (exact) mass is 461 g/mol. The lowest BCUT2D eigenvalue weighted by Gasteiger charge is -2.12. The van der Waals surface area contributed by atoms with Gasteiger partial charge in [0.25, 0.3) is 5.91 Å². The van der Waals surface area contributed by atoms with Crippen LogP contribution in [0.5, 0.6) is 5.75 Å². The van der Waals surface area contributed by atoms with Gasteiger partial charge in [0.2, 0.25) is 0 Å². The number of amides is 1. The van der Waals surface area contributed by atoms with Crippen molar-refractivity contribution in [3.63, 3.8) is 0 Å². The standard InChI is InChI=1S/C25H27N5O4/c1-4-33-19-10-7-17(8-11-19)27-23-20(6-5-13-26-23)24(31)28-18-9-12-22-21(16-18)30(25(32)34-22)15-14-29(2)3/h5-13,16H,4,14-15H2,1-3H3,(H,26,27)(H,28,31). The molecule has 2 N–H and O–H groups in total. The first-order valence-electron chi connectivity index (χ1n) is 11.0. The number of hydrogen-bond donors (Lipinski definition) is 2. The number of hydrogen-bond acceptors (Lipinski definition) is 7. The van der Waals surface area contributed by atoms with E-state index >= 15 is 0 Å². The molecule has 176 valence electrons. The minimum atomic E-state index is -0.422. The zero-order chi connectivity index (χ0) is 24.1. The van der Waals surface area contributed by atoms with Gasteiger partial charge in [-0.25, -0.2) is 9.78 Å². The summed E-state index contributed by atoms with van der Waals surface area (Å²) in [5, 5.41) is 6.08. The number of anilines is 3. The zero-order valence-electron chi connectivity index (χ0n) is 19.4. The molecule has 0 aliphatic heterocycles. The lowest BCUT2D eigenvalue weighted by atomic mass is 10.2. The van der Waals surface area contributed by atoms with Crippen LogP contribution in [0.3, 0.4) is 0 Å². The number of fused-ring (bicyclic) bond motifs is 1. The lowest BCUT2D eigenvalue weighted by Crippen LogP contribution is -2.23. The average molecular weight is 462 g/mol. The smallest absolute Gasteiger partial charge is 0.419 e. The van der Waals surface area contributed by atoms with E-state index in [-0.39, 0.29) is 5.91 Å². The lowest BCUT2D eigenvalue weighted by molar-refractivity contribution is 0.102. The Kier molecular flexibility index (Phi) is 6.93. The maximum atomic E-state index is 13.1. The molecule has 0 saturated carbocycles. The van der Waals surface area contributed by atoms with Gasteiger partial charge in [0, 0.05) is 30.7 Å². The largest absolute Gasteiger partial charge is 0.494 e. The molecule has 2 aromatic heterocycles. The highest BCUT2D eigenvalue weighted by atomic mass is 16.5. The Morgan fingerprint density at radius 3 is 2.62 bits per heavy atom. The molecule has 0 saturated heterocycles. The van der Waals surface area contributed by atoms with E-state index in [0.29, 0.717) is 47.9 Å². The fourth-order valence-corrected chi connectivity index (χ4v) is 3.48. The minimum Gasteiger partial charge on any atom is -0.494 e. The van der Waals surface area contributed by atoms with Crippen molar-refractivity contribution in [3.05, 3.63) is 76.9 Å². The van der Waals surface area contributed by atoms with E-state index in [0.717, 1.165) is 11.4 Å². The van der Waals surface area contributed by atoms with Crippen LogP contribution in [-0.4, -0.2) is 47.6 Å². The highest BCUT2D eigenvalue weighted by molar-refractivity contribution is 6.08. The van der Waals surface area contributed by atoms with Gasteiger partial charge in [0.05, 0.1) is 17.7 Å². The van der Waals surface area contributed by atoms with E-state index in [4.69, 9.17) is 9.15 Å². The molecule has 0 radical (unpaired) electrons. The van der Waals surface area contributed by atoms with Crippen LogP contribution < -0.4 is 21.1 Å². The third-order valence-corrected chi connectivity index (χ3v) is 5.18. The molecule has 0 spiro atoms. The second-order valence-corrected chi connectivity index (χ2v) is 7.94. The zero-order valence-corrected chi connectivity index (χ0v) is 19.4. The van der Waals surface area contributed by atoms with Gasteiger partial charge in [-0.1, -0.05) is 0 Å². The quantitative estimate of drug-likeness (QED) is 0.389. The number of benzene rings is 2. The molecule has 1 amide bonds. The van der Waals surface area contributed by atoms with Crippen LogP contribution in [0.1, 0.15) is 17.3 Å². The molecule has 0 atom stereocenters. The van der Waals surface area contributed by atoms with Gasteiger partial charge in [0.1, 0.15) is 11.6 Å². The Labute approximate surface area is 197 Å². The summed E-state index contributed by atoms with van der Waals surface area (Å²) in [6.45, 7) is 3.68. The van der Waals surface area contributed by atoms with Crippen molar-refractivity contribution in [2.24, 2.45) is 0 Å². The molecule has 9 heteroatoms. The van der Waals surface area contributed by atoms with Gasteiger partial charge >= 0.3 is 5.76 Å². The fraction of sp³-hybridized carbons (Fsp3) is 0.240. The molecule has 0 unspecified atom stereocenters. The number of pyridine rings is 1. The summed E-state index contributed by atoms with van der Waals surface area (Å²) in [7, 11) is 3.87. The van der Waals surface area contributed by atoms with Crippen LogP contribution >= 0.6 is 0 Å². The molecule has 0 aliphatic rings. The third-order valence-electron chi connectivity index (χ3n) is 5.18. The highest BCUT2D eigenvalue weighted by Gasteiger charge is 2.15. The minimum absolute atomic E-state index is 0.327. The van der Waals surface area contributed by atoms with Gasteiger partial charge < -0.3 is 24.7 Å². The van der Waals surface area contributed by atoms with E-state index in [2.05, 4.69) is 15.6 Å². The highest BCUT2D eigenvalue weighted by Crippen LogP contribution is 2.23. The predicted molar refractivity (Wildman–Crippen MR) is 132 cm³/mol. The van der Waals surface area contributed by atoms with Crippen molar-refractivity contribution in [1.82, 2.24) is 14.5 Å². The molecule has 9 nitrogen and oxygen atoms in total. The second kappa shape index (κ2) is 10.2. The number of carbonyl (C=O) groups excluding carboxylic acids is 1. The number of nitrogens with one attached hydrogen (secondary N) is 2. The summed E-state index contributed by atoms with van der Waals surface area (Å²) in [5.41, 5.74) is 2.81. The van der Waals surface area contributed by atoms with Gasteiger partial charge in [-0.2, -0.15) is 0 Å². The van der Waals surface area contributed by atoms with Crippen molar-refractivity contribution in [2.45, 2.75) is 13.5 Å². The normalized spacial score (nSPS) is 11.1. The van der Waals surface area contributed by atoms with Crippen LogP contribution in [0.4, 0.5) is 17.2 Å². The summed E-state index contributed by atoms with van der Waals surface area (Å²) in [6, 6.07) is 16.0. The molecule has 4 aromatic rings. The van der Waals surface area contributed by atoms with Crippen LogP contribution in [0.25, 0.3) is 11.1 Å². The van der Waals surface area contributed by atoms with Crippen molar-refractivity contribution < 1.29 is 13.9 Å². The number of aromatic nitrogens is 2. The first-order chi connectivity index (χ1) is 16.4. The Bertz CT molecular complexity index is 1340. The topological polar surface area (TPSA) is 102 Å². The predicted octanol–water partition coefficient (Wildman–Crippen LogP) is 3.95. The maximum Gasteiger partial charge on any atom is 0.419 e. The molecule has 0 bridgehead atoms. The van der Waals surface area contributed by atoms with Gasteiger partial charge in [-0.3, -0.25) is 9.36 Å². The van der Waals surface area contributed by atoms with E-state index < -0.39 is 5.76 Å². The summed E-state index contributed by atoms with van der Waals surface area (Å²) in [6.07, 6.45) is 1.62. The molecule has 34 heavy (non-hydrogen) atoms. The van der Waals surface area contributed by atoms with E-state index in [1.807, 2.05) is 50.2 Å². The SMILES string of the molecule is CCOc1ccc(Nc2ncccc2C(=O)Nc2ccc3oc(=O)n(CCN(C)C)c3c2)cc1. The van der Waals surface area contributed by atoms with Crippen LogP contribution in [-0.2, 0) is 6.54 Å². The molecule has 2 aromatic carbocycles. The summed E-state index contributed by atoms with van der Waals surface area (Å²) in [5.74, 6) is 0.447. The summed E-state index contributed by atoms with van der Waals surface area (Å²) in [4.78, 5) is 31.7. The fourth-order valence-electron chi connectivity index (χ4n) is 3.48.